The average molecular weight is 215 g/mol. The van der Waals surface area contributed by atoms with Crippen LogP contribution in [0.5, 0.6) is 0 Å². The first-order valence-corrected chi connectivity index (χ1v) is 6.41. The quantitative estimate of drug-likeness (QED) is 0.596. The Hall–Kier alpha value is -0.0800. The molecule has 0 aliphatic rings. The van der Waals surface area contributed by atoms with Gasteiger partial charge in [0.25, 0.3) is 0 Å². The predicted octanol–water partition coefficient (Wildman–Crippen LogP) is 3.22. The maximum atomic E-state index is 5.60. The van der Waals surface area contributed by atoms with Gasteiger partial charge in [0.05, 0.1) is 12.7 Å². The Bertz CT molecular complexity index is 136. The fourth-order valence-corrected chi connectivity index (χ4v) is 1.37. The van der Waals surface area contributed by atoms with E-state index in [0.29, 0.717) is 12.1 Å². The molecule has 0 spiro atoms. The molecule has 0 amide bonds. The minimum atomic E-state index is 0.401. The van der Waals surface area contributed by atoms with Crippen molar-refractivity contribution in [2.75, 3.05) is 13.2 Å². The van der Waals surface area contributed by atoms with Gasteiger partial charge in [-0.3, -0.25) is 0 Å². The van der Waals surface area contributed by atoms with E-state index in [1.165, 1.54) is 12.8 Å². The SMILES string of the molecule is CCC(C)OCCNC(C)CCC(C)C. The minimum Gasteiger partial charge on any atom is -0.377 e. The van der Waals surface area contributed by atoms with Gasteiger partial charge in [-0.15, -0.1) is 0 Å². The van der Waals surface area contributed by atoms with Crippen molar-refractivity contribution < 1.29 is 4.74 Å². The summed E-state index contributed by atoms with van der Waals surface area (Å²) >= 11 is 0. The van der Waals surface area contributed by atoms with E-state index in [0.717, 1.165) is 25.5 Å². The average Bonchev–Trinajstić information content (AvgIpc) is 2.21. The topological polar surface area (TPSA) is 21.3 Å². The third kappa shape index (κ3) is 10.2. The van der Waals surface area contributed by atoms with Gasteiger partial charge >= 0.3 is 0 Å². The van der Waals surface area contributed by atoms with Gasteiger partial charge in [0.1, 0.15) is 0 Å². The number of ether oxygens (including phenoxy) is 1. The number of hydrogen-bond acceptors (Lipinski definition) is 2. The van der Waals surface area contributed by atoms with Crippen LogP contribution in [0.3, 0.4) is 0 Å². The van der Waals surface area contributed by atoms with E-state index in [2.05, 4.69) is 39.9 Å². The zero-order valence-electron chi connectivity index (χ0n) is 11.2. The lowest BCUT2D eigenvalue weighted by Crippen LogP contribution is -2.30. The van der Waals surface area contributed by atoms with Crippen LogP contribution in [0, 0.1) is 5.92 Å². The Morgan fingerprint density at radius 3 is 2.27 bits per heavy atom. The summed E-state index contributed by atoms with van der Waals surface area (Å²) in [6, 6.07) is 0.618. The van der Waals surface area contributed by atoms with Gasteiger partial charge < -0.3 is 10.1 Å². The van der Waals surface area contributed by atoms with E-state index in [-0.39, 0.29) is 0 Å². The van der Waals surface area contributed by atoms with Crippen molar-refractivity contribution in [3.05, 3.63) is 0 Å². The van der Waals surface area contributed by atoms with Crippen LogP contribution in [0.2, 0.25) is 0 Å². The third-order valence-electron chi connectivity index (χ3n) is 2.75. The fraction of sp³-hybridized carbons (Fsp3) is 1.00. The lowest BCUT2D eigenvalue weighted by molar-refractivity contribution is 0.0643. The molecule has 2 unspecified atom stereocenters. The van der Waals surface area contributed by atoms with E-state index in [1.807, 2.05) is 0 Å². The van der Waals surface area contributed by atoms with Crippen LogP contribution in [0.4, 0.5) is 0 Å². The summed E-state index contributed by atoms with van der Waals surface area (Å²) in [5, 5.41) is 3.49. The van der Waals surface area contributed by atoms with Crippen LogP contribution in [0.15, 0.2) is 0 Å². The van der Waals surface area contributed by atoms with Crippen LogP contribution in [0.25, 0.3) is 0 Å². The Morgan fingerprint density at radius 2 is 1.73 bits per heavy atom. The lowest BCUT2D eigenvalue weighted by atomic mass is 10.0. The molecule has 0 heterocycles. The smallest absolute Gasteiger partial charge is 0.0594 e. The van der Waals surface area contributed by atoms with E-state index < -0.39 is 0 Å². The van der Waals surface area contributed by atoms with Crippen molar-refractivity contribution in [2.24, 2.45) is 5.92 Å². The highest BCUT2D eigenvalue weighted by atomic mass is 16.5. The van der Waals surface area contributed by atoms with E-state index >= 15 is 0 Å². The van der Waals surface area contributed by atoms with Gasteiger partial charge in [0, 0.05) is 12.6 Å². The summed E-state index contributed by atoms with van der Waals surface area (Å²) in [5.74, 6) is 0.811. The molecule has 0 aliphatic heterocycles. The van der Waals surface area contributed by atoms with Gasteiger partial charge in [-0.25, -0.2) is 0 Å². The molecule has 0 aliphatic carbocycles. The van der Waals surface area contributed by atoms with E-state index in [4.69, 9.17) is 4.74 Å². The van der Waals surface area contributed by atoms with Gasteiger partial charge in [-0.1, -0.05) is 20.8 Å². The standard InChI is InChI=1S/C13H29NO/c1-6-13(5)15-10-9-14-12(4)8-7-11(2)3/h11-14H,6-10H2,1-5H3. The molecule has 0 aromatic carbocycles. The second kappa shape index (κ2) is 9.17. The van der Waals surface area contributed by atoms with Crippen LogP contribution in [-0.4, -0.2) is 25.3 Å². The van der Waals surface area contributed by atoms with E-state index in [1.54, 1.807) is 0 Å². The van der Waals surface area contributed by atoms with Crippen molar-refractivity contribution in [3.63, 3.8) is 0 Å². The van der Waals surface area contributed by atoms with Gasteiger partial charge in [0.2, 0.25) is 0 Å². The van der Waals surface area contributed by atoms with Crippen molar-refractivity contribution in [1.29, 1.82) is 0 Å². The zero-order chi connectivity index (χ0) is 11.7. The maximum absolute atomic E-state index is 5.60. The molecule has 0 bridgehead atoms. The molecule has 1 N–H and O–H groups in total. The summed E-state index contributed by atoms with van der Waals surface area (Å²) in [7, 11) is 0. The highest BCUT2D eigenvalue weighted by molar-refractivity contribution is 4.61. The Balaban J connectivity index is 3.27. The largest absolute Gasteiger partial charge is 0.377 e. The summed E-state index contributed by atoms with van der Waals surface area (Å²) in [6.07, 6.45) is 4.07. The minimum absolute atomic E-state index is 0.401. The summed E-state index contributed by atoms with van der Waals surface area (Å²) in [4.78, 5) is 0. The molecular weight excluding hydrogens is 186 g/mol. The zero-order valence-corrected chi connectivity index (χ0v) is 11.2. The van der Waals surface area contributed by atoms with Crippen LogP contribution >= 0.6 is 0 Å². The number of hydrogen-bond donors (Lipinski definition) is 1. The van der Waals surface area contributed by atoms with Gasteiger partial charge in [-0.2, -0.15) is 0 Å². The molecule has 0 saturated carbocycles. The van der Waals surface area contributed by atoms with E-state index in [9.17, 15) is 0 Å². The van der Waals surface area contributed by atoms with Crippen molar-refractivity contribution in [1.82, 2.24) is 5.32 Å². The first-order chi connectivity index (χ1) is 7.06. The number of nitrogens with one attached hydrogen (secondary N) is 1. The second-order valence-corrected chi connectivity index (χ2v) is 4.92. The first-order valence-electron chi connectivity index (χ1n) is 6.41. The summed E-state index contributed by atoms with van der Waals surface area (Å²) in [5.41, 5.74) is 0. The number of rotatable bonds is 9. The predicted molar refractivity (Wildman–Crippen MR) is 67.2 cm³/mol. The third-order valence-corrected chi connectivity index (χ3v) is 2.75. The van der Waals surface area contributed by atoms with Crippen LogP contribution in [0.1, 0.15) is 53.9 Å². The maximum Gasteiger partial charge on any atom is 0.0594 e. The molecule has 15 heavy (non-hydrogen) atoms. The molecule has 0 fully saturated rings. The van der Waals surface area contributed by atoms with Crippen LogP contribution < -0.4 is 5.32 Å². The molecule has 92 valence electrons. The summed E-state index contributed by atoms with van der Waals surface area (Å²) < 4.78 is 5.60. The van der Waals surface area contributed by atoms with Crippen LogP contribution in [-0.2, 0) is 4.74 Å². The molecule has 0 aromatic rings. The highest BCUT2D eigenvalue weighted by Crippen LogP contribution is 2.06. The lowest BCUT2D eigenvalue weighted by Gasteiger charge is -2.16. The molecule has 2 heteroatoms. The second-order valence-electron chi connectivity index (χ2n) is 4.92. The Kier molecular flexibility index (Phi) is 9.12. The fourth-order valence-electron chi connectivity index (χ4n) is 1.37. The van der Waals surface area contributed by atoms with Gasteiger partial charge in [-0.05, 0) is 39.0 Å². The van der Waals surface area contributed by atoms with Gasteiger partial charge in [0.15, 0.2) is 0 Å². The molecule has 0 radical (unpaired) electrons. The van der Waals surface area contributed by atoms with Crippen molar-refractivity contribution in [3.8, 4) is 0 Å². The Morgan fingerprint density at radius 1 is 1.07 bits per heavy atom. The molecule has 0 saturated heterocycles. The monoisotopic (exact) mass is 215 g/mol. The highest BCUT2D eigenvalue weighted by Gasteiger charge is 2.03. The Labute approximate surface area is 95.8 Å². The normalized spacial score (nSPS) is 15.6. The summed E-state index contributed by atoms with van der Waals surface area (Å²) in [6.45, 7) is 12.9. The molecular formula is C13H29NO. The first kappa shape index (κ1) is 14.9. The molecule has 2 nitrogen and oxygen atoms in total. The molecule has 0 rings (SSSR count). The van der Waals surface area contributed by atoms with Crippen molar-refractivity contribution >= 4 is 0 Å². The molecule has 2 atom stereocenters. The van der Waals surface area contributed by atoms with Crippen molar-refractivity contribution in [2.45, 2.75) is 66.0 Å². The molecule has 0 aromatic heterocycles.